The van der Waals surface area contributed by atoms with Crippen LogP contribution < -0.4 is 0 Å². The van der Waals surface area contributed by atoms with Crippen LogP contribution in [0.1, 0.15) is 48.9 Å². The zero-order valence-electron chi connectivity index (χ0n) is 15.3. The van der Waals surface area contributed by atoms with Gasteiger partial charge in [0.15, 0.2) is 0 Å². The normalized spacial score (nSPS) is 20.2. The van der Waals surface area contributed by atoms with Gasteiger partial charge < -0.3 is 10.0 Å². The van der Waals surface area contributed by atoms with Gasteiger partial charge in [0, 0.05) is 32.1 Å². The van der Waals surface area contributed by atoms with E-state index in [-0.39, 0.29) is 35.4 Å². The van der Waals surface area contributed by atoms with Crippen molar-refractivity contribution in [2.75, 3.05) is 26.2 Å². The summed E-state index contributed by atoms with van der Waals surface area (Å²) in [6.45, 7) is 2.06. The van der Waals surface area contributed by atoms with E-state index < -0.39 is 16.0 Å². The van der Waals surface area contributed by atoms with Gasteiger partial charge in [-0.1, -0.05) is 25.0 Å². The zero-order valence-corrected chi connectivity index (χ0v) is 16.2. The molecule has 2 aliphatic heterocycles. The second-order valence-corrected chi connectivity index (χ2v) is 9.13. The first-order valence-electron chi connectivity index (χ1n) is 9.52. The van der Waals surface area contributed by atoms with Crippen LogP contribution in [-0.4, -0.2) is 60.8 Å². The molecule has 0 spiro atoms. The summed E-state index contributed by atoms with van der Waals surface area (Å²) in [6.07, 6.45) is 5.33. The number of carbonyl (C=O) groups excluding carboxylic acids is 1. The Bertz CT molecular complexity index is 792. The van der Waals surface area contributed by atoms with Gasteiger partial charge in [0.05, 0.1) is 10.5 Å². The van der Waals surface area contributed by atoms with Gasteiger partial charge in [0.1, 0.15) is 0 Å². The molecule has 0 saturated carbocycles. The Balaban J connectivity index is 1.68. The van der Waals surface area contributed by atoms with E-state index in [1.54, 1.807) is 0 Å². The lowest BCUT2D eigenvalue weighted by atomic mass is 9.96. The van der Waals surface area contributed by atoms with Crippen LogP contribution >= 0.6 is 0 Å². The molecule has 2 fully saturated rings. The van der Waals surface area contributed by atoms with Crippen molar-refractivity contribution in [3.63, 3.8) is 0 Å². The summed E-state index contributed by atoms with van der Waals surface area (Å²) in [7, 11) is -3.89. The minimum Gasteiger partial charge on any atom is -0.478 e. The molecule has 0 bridgehead atoms. The minimum atomic E-state index is -3.89. The first kappa shape index (κ1) is 19.8. The number of likely N-dealkylation sites (tertiary alicyclic amines) is 1. The van der Waals surface area contributed by atoms with Crippen LogP contribution in [-0.2, 0) is 14.8 Å². The average molecular weight is 394 g/mol. The molecule has 0 aliphatic carbocycles. The molecule has 2 aliphatic rings. The Morgan fingerprint density at radius 2 is 1.52 bits per heavy atom. The summed E-state index contributed by atoms with van der Waals surface area (Å²) in [5.41, 5.74) is -0.222. The second kappa shape index (κ2) is 8.39. The molecule has 0 radical (unpaired) electrons. The lowest BCUT2D eigenvalue weighted by Crippen LogP contribution is -2.44. The number of carboxylic acid groups (broad SMARTS) is 1. The molecule has 1 amide bonds. The van der Waals surface area contributed by atoms with E-state index in [1.165, 1.54) is 28.6 Å². The Kier molecular flexibility index (Phi) is 6.16. The van der Waals surface area contributed by atoms with Crippen LogP contribution in [0.15, 0.2) is 29.2 Å². The van der Waals surface area contributed by atoms with Gasteiger partial charge in [-0.15, -0.1) is 0 Å². The van der Waals surface area contributed by atoms with Crippen LogP contribution in [0.4, 0.5) is 0 Å². The van der Waals surface area contributed by atoms with Crippen molar-refractivity contribution < 1.29 is 23.1 Å². The van der Waals surface area contributed by atoms with Crippen LogP contribution in [0, 0.1) is 5.92 Å². The smallest absolute Gasteiger partial charge is 0.337 e. The van der Waals surface area contributed by atoms with Crippen LogP contribution in [0.2, 0.25) is 0 Å². The summed E-state index contributed by atoms with van der Waals surface area (Å²) in [5.74, 6) is -1.27. The van der Waals surface area contributed by atoms with Gasteiger partial charge in [-0.3, -0.25) is 4.79 Å². The fraction of sp³-hybridized carbons (Fsp3) is 0.579. The summed E-state index contributed by atoms with van der Waals surface area (Å²) in [4.78, 5) is 25.9. The van der Waals surface area contributed by atoms with Crippen molar-refractivity contribution in [2.24, 2.45) is 5.92 Å². The van der Waals surface area contributed by atoms with Crippen molar-refractivity contribution >= 4 is 21.9 Å². The number of benzene rings is 1. The highest BCUT2D eigenvalue weighted by Crippen LogP contribution is 2.27. The first-order valence-corrected chi connectivity index (χ1v) is 11.0. The van der Waals surface area contributed by atoms with E-state index in [0.717, 1.165) is 38.8 Å². The quantitative estimate of drug-likeness (QED) is 0.845. The van der Waals surface area contributed by atoms with Crippen molar-refractivity contribution in [2.45, 2.75) is 43.4 Å². The predicted molar refractivity (Wildman–Crippen MR) is 99.9 cm³/mol. The number of hydrogen-bond donors (Lipinski definition) is 1. The number of carboxylic acids is 1. The number of sulfonamides is 1. The molecule has 0 unspecified atom stereocenters. The van der Waals surface area contributed by atoms with Gasteiger partial charge >= 0.3 is 5.97 Å². The van der Waals surface area contributed by atoms with E-state index >= 15 is 0 Å². The van der Waals surface area contributed by atoms with Crippen molar-refractivity contribution in [1.29, 1.82) is 0 Å². The van der Waals surface area contributed by atoms with Crippen molar-refractivity contribution in [3.05, 3.63) is 29.8 Å². The molecule has 2 saturated heterocycles. The van der Waals surface area contributed by atoms with E-state index in [4.69, 9.17) is 0 Å². The molecule has 1 N–H and O–H groups in total. The van der Waals surface area contributed by atoms with Crippen LogP contribution in [0.25, 0.3) is 0 Å². The van der Waals surface area contributed by atoms with Gasteiger partial charge in [0.25, 0.3) is 0 Å². The zero-order chi connectivity index (χ0) is 19.4. The first-order chi connectivity index (χ1) is 12.9. The van der Waals surface area contributed by atoms with Crippen molar-refractivity contribution in [1.82, 2.24) is 9.21 Å². The van der Waals surface area contributed by atoms with E-state index in [1.807, 2.05) is 4.90 Å². The molecule has 148 valence electrons. The highest BCUT2D eigenvalue weighted by atomic mass is 32.2. The molecule has 2 heterocycles. The SMILES string of the molecule is O=C(O)c1ccccc1S(=O)(=O)N1CCC(C(=O)N2CCCCCC2)CC1. The third-order valence-electron chi connectivity index (χ3n) is 5.46. The molecule has 7 nitrogen and oxygen atoms in total. The molecule has 1 aromatic carbocycles. The molecule has 0 aromatic heterocycles. The van der Waals surface area contributed by atoms with E-state index in [0.29, 0.717) is 12.8 Å². The summed E-state index contributed by atoms with van der Waals surface area (Å²) in [5, 5.41) is 9.28. The topological polar surface area (TPSA) is 95.0 Å². The fourth-order valence-corrected chi connectivity index (χ4v) is 5.55. The molecular weight excluding hydrogens is 368 g/mol. The van der Waals surface area contributed by atoms with Crippen molar-refractivity contribution in [3.8, 4) is 0 Å². The number of piperidine rings is 1. The molecule has 1 aromatic rings. The summed E-state index contributed by atoms with van der Waals surface area (Å²) < 4.78 is 27.1. The van der Waals surface area contributed by atoms with E-state index in [9.17, 15) is 23.1 Å². The Morgan fingerprint density at radius 1 is 0.926 bits per heavy atom. The number of hydrogen-bond acceptors (Lipinski definition) is 4. The molecule has 8 heteroatoms. The van der Waals surface area contributed by atoms with Crippen LogP contribution in [0.3, 0.4) is 0 Å². The fourth-order valence-electron chi connectivity index (χ4n) is 3.90. The minimum absolute atomic E-state index is 0.139. The van der Waals surface area contributed by atoms with Gasteiger partial charge in [0.2, 0.25) is 15.9 Å². The molecule has 0 atom stereocenters. The lowest BCUT2D eigenvalue weighted by molar-refractivity contribution is -0.136. The third kappa shape index (κ3) is 4.32. The van der Waals surface area contributed by atoms with Gasteiger partial charge in [-0.05, 0) is 37.8 Å². The Labute approximate surface area is 160 Å². The summed E-state index contributed by atoms with van der Waals surface area (Å²) >= 11 is 0. The van der Waals surface area contributed by atoms with Crippen LogP contribution in [0.5, 0.6) is 0 Å². The third-order valence-corrected chi connectivity index (χ3v) is 7.41. The molecule has 27 heavy (non-hydrogen) atoms. The highest BCUT2D eigenvalue weighted by Gasteiger charge is 2.35. The largest absolute Gasteiger partial charge is 0.478 e. The number of nitrogens with zero attached hydrogens (tertiary/aromatic N) is 2. The Hall–Kier alpha value is -1.93. The lowest BCUT2D eigenvalue weighted by Gasteiger charge is -2.33. The maximum Gasteiger partial charge on any atom is 0.337 e. The number of aromatic carboxylic acids is 1. The predicted octanol–water partition coefficient (Wildman–Crippen LogP) is 2.19. The number of rotatable bonds is 4. The molecular formula is C19H26N2O5S. The Morgan fingerprint density at radius 3 is 2.11 bits per heavy atom. The maximum absolute atomic E-state index is 12.9. The molecule has 3 rings (SSSR count). The average Bonchev–Trinajstić information content (AvgIpc) is 2.97. The number of carbonyl (C=O) groups is 2. The summed E-state index contributed by atoms with van der Waals surface area (Å²) in [6, 6.07) is 5.65. The standard InChI is InChI=1S/C19H26N2O5S/c22-18(20-11-5-1-2-6-12-20)15-9-13-21(14-10-15)27(25,26)17-8-4-3-7-16(17)19(23)24/h3-4,7-8,15H,1-2,5-6,9-14H2,(H,23,24). The second-order valence-electron chi connectivity index (χ2n) is 7.22. The highest BCUT2D eigenvalue weighted by molar-refractivity contribution is 7.89. The van der Waals surface area contributed by atoms with Gasteiger partial charge in [-0.25, -0.2) is 13.2 Å². The number of amides is 1. The van der Waals surface area contributed by atoms with Gasteiger partial charge in [-0.2, -0.15) is 4.31 Å². The monoisotopic (exact) mass is 394 g/mol. The maximum atomic E-state index is 12.9. The van der Waals surface area contributed by atoms with E-state index in [2.05, 4.69) is 0 Å².